The van der Waals surface area contributed by atoms with Crippen molar-refractivity contribution in [1.82, 2.24) is 14.7 Å². The molecule has 3 rings (SSSR count). The Bertz CT molecular complexity index is 993. The lowest BCUT2D eigenvalue weighted by Crippen LogP contribution is -2.47. The van der Waals surface area contributed by atoms with Gasteiger partial charge in [-0.25, -0.2) is 0 Å². The molecule has 1 atom stereocenters. The van der Waals surface area contributed by atoms with Gasteiger partial charge < -0.3 is 14.7 Å². The minimum Gasteiger partial charge on any atom is -0.341 e. The van der Waals surface area contributed by atoms with Crippen LogP contribution >= 0.6 is 23.2 Å². The van der Waals surface area contributed by atoms with Crippen molar-refractivity contribution < 1.29 is 9.59 Å². The Morgan fingerprint density at radius 3 is 2.33 bits per heavy atom. The maximum Gasteiger partial charge on any atom is 0.253 e. The summed E-state index contributed by atoms with van der Waals surface area (Å²) in [5.74, 6) is 0.426. The number of benzene rings is 2. The van der Waals surface area contributed by atoms with Crippen molar-refractivity contribution in [2.24, 2.45) is 0 Å². The fraction of sp³-hybridized carbons (Fsp3) is 0.517. The largest absolute Gasteiger partial charge is 0.341 e. The summed E-state index contributed by atoms with van der Waals surface area (Å²) in [6.45, 7) is 8.40. The Hall–Kier alpha value is -2.08. The first-order valence-electron chi connectivity index (χ1n) is 13.1. The van der Waals surface area contributed by atoms with Gasteiger partial charge in [0.1, 0.15) is 0 Å². The normalized spacial score (nSPS) is 15.5. The number of carbonyl (C=O) groups excluding carboxylic acids is 2. The van der Waals surface area contributed by atoms with E-state index in [1.165, 1.54) is 0 Å². The average molecular weight is 533 g/mol. The first-order chi connectivity index (χ1) is 17.3. The van der Waals surface area contributed by atoms with E-state index in [9.17, 15) is 9.59 Å². The number of nitrogens with zero attached hydrogens (tertiary/aromatic N) is 3. The second kappa shape index (κ2) is 14.0. The molecule has 7 heteroatoms. The van der Waals surface area contributed by atoms with Crippen LogP contribution in [0.25, 0.3) is 0 Å². The lowest BCUT2D eigenvalue weighted by molar-refractivity contribution is -0.134. The van der Waals surface area contributed by atoms with E-state index < -0.39 is 0 Å². The van der Waals surface area contributed by atoms with Crippen LogP contribution < -0.4 is 0 Å². The maximum atomic E-state index is 13.0. The number of rotatable bonds is 11. The van der Waals surface area contributed by atoms with E-state index in [1.807, 2.05) is 55.6 Å². The molecule has 2 aromatic carbocycles. The first-order valence-corrected chi connectivity index (χ1v) is 13.9. The van der Waals surface area contributed by atoms with Gasteiger partial charge in [0.25, 0.3) is 5.91 Å². The molecule has 1 heterocycles. The maximum absolute atomic E-state index is 13.0. The van der Waals surface area contributed by atoms with Crippen molar-refractivity contribution in [1.29, 1.82) is 0 Å². The Kier molecular flexibility index (Phi) is 11.1. The summed E-state index contributed by atoms with van der Waals surface area (Å²) in [4.78, 5) is 31.9. The van der Waals surface area contributed by atoms with Gasteiger partial charge in [-0.1, -0.05) is 54.4 Å². The van der Waals surface area contributed by atoms with E-state index in [0.717, 1.165) is 57.4 Å². The molecule has 1 aliphatic rings. The van der Waals surface area contributed by atoms with E-state index in [-0.39, 0.29) is 17.7 Å². The second-order valence-corrected chi connectivity index (χ2v) is 10.5. The number of likely N-dealkylation sites (N-methyl/N-ethyl adjacent to an activating group) is 1. The highest BCUT2D eigenvalue weighted by Gasteiger charge is 2.27. The number of halogens is 2. The molecule has 0 N–H and O–H groups in total. The lowest BCUT2D eigenvalue weighted by atomic mass is 9.93. The van der Waals surface area contributed by atoms with Crippen LogP contribution in [0.1, 0.15) is 67.8 Å². The van der Waals surface area contributed by atoms with E-state index >= 15 is 0 Å². The van der Waals surface area contributed by atoms with Crippen LogP contribution in [0.15, 0.2) is 48.5 Å². The van der Waals surface area contributed by atoms with Gasteiger partial charge in [-0.05, 0) is 69.0 Å². The molecule has 1 aliphatic heterocycles. The van der Waals surface area contributed by atoms with Crippen LogP contribution in [-0.2, 0) is 4.79 Å². The smallest absolute Gasteiger partial charge is 0.253 e. The molecule has 1 saturated heterocycles. The Labute approximate surface area is 226 Å². The van der Waals surface area contributed by atoms with E-state index in [0.29, 0.717) is 34.6 Å². The van der Waals surface area contributed by atoms with Gasteiger partial charge in [-0.15, -0.1) is 0 Å². The molecule has 1 unspecified atom stereocenters. The highest BCUT2D eigenvalue weighted by molar-refractivity contribution is 6.42. The molecule has 0 spiro atoms. The molecule has 0 bridgehead atoms. The highest BCUT2D eigenvalue weighted by Crippen LogP contribution is 2.30. The van der Waals surface area contributed by atoms with Gasteiger partial charge in [0, 0.05) is 57.2 Å². The van der Waals surface area contributed by atoms with Crippen molar-refractivity contribution in [3.8, 4) is 0 Å². The third-order valence-corrected chi connectivity index (χ3v) is 7.93. The summed E-state index contributed by atoms with van der Waals surface area (Å²) in [6.07, 6.45) is 4.45. The summed E-state index contributed by atoms with van der Waals surface area (Å²) in [6, 6.07) is 15.5. The molecule has 0 aliphatic carbocycles. The zero-order valence-corrected chi connectivity index (χ0v) is 23.3. The Balaban J connectivity index is 1.63. The number of amides is 2. The van der Waals surface area contributed by atoms with Crippen LogP contribution in [0.4, 0.5) is 0 Å². The molecule has 5 nitrogen and oxygen atoms in total. The third-order valence-electron chi connectivity index (χ3n) is 7.19. The predicted octanol–water partition coefficient (Wildman–Crippen LogP) is 6.35. The molecule has 36 heavy (non-hydrogen) atoms. The van der Waals surface area contributed by atoms with Gasteiger partial charge >= 0.3 is 0 Å². The SMILES string of the molecule is CCCC(=O)N(CC)C1CCN(CCC(CN(C)C(=O)c2ccccc2)c2ccc(Cl)c(Cl)c2)CC1. The van der Waals surface area contributed by atoms with Crippen LogP contribution in [0.2, 0.25) is 10.0 Å². The second-order valence-electron chi connectivity index (χ2n) is 9.71. The van der Waals surface area contributed by atoms with Gasteiger partial charge in [-0.3, -0.25) is 9.59 Å². The standard InChI is InChI=1S/C29H39Cl2N3O2/c1-4-9-28(35)34(5-2)25-15-18-33(19-16-25)17-14-24(23-12-13-26(30)27(31)20-23)21-32(3)29(36)22-10-7-6-8-11-22/h6-8,10-13,20,24-25H,4-5,9,14-19,21H2,1-3H3. The predicted molar refractivity (Wildman–Crippen MR) is 149 cm³/mol. The summed E-state index contributed by atoms with van der Waals surface area (Å²) in [5, 5.41) is 1.07. The molecule has 1 fully saturated rings. The zero-order chi connectivity index (χ0) is 26.1. The number of likely N-dealkylation sites (tertiary alicyclic amines) is 1. The van der Waals surface area contributed by atoms with Gasteiger partial charge in [0.15, 0.2) is 0 Å². The number of hydrogen-bond donors (Lipinski definition) is 0. The van der Waals surface area contributed by atoms with Crippen molar-refractivity contribution in [3.05, 3.63) is 69.7 Å². The van der Waals surface area contributed by atoms with Crippen LogP contribution in [-0.4, -0.2) is 72.3 Å². The zero-order valence-electron chi connectivity index (χ0n) is 21.8. The molecule has 196 valence electrons. The average Bonchev–Trinajstić information content (AvgIpc) is 2.89. The molecule has 2 amide bonds. The molecule has 0 saturated carbocycles. The minimum atomic E-state index is 0.0119. The minimum absolute atomic E-state index is 0.0119. The Morgan fingerprint density at radius 2 is 1.72 bits per heavy atom. The van der Waals surface area contributed by atoms with Gasteiger partial charge in [0.05, 0.1) is 10.0 Å². The van der Waals surface area contributed by atoms with Crippen LogP contribution in [0.3, 0.4) is 0 Å². The molecule has 0 radical (unpaired) electrons. The molecule has 2 aromatic rings. The van der Waals surface area contributed by atoms with Gasteiger partial charge in [-0.2, -0.15) is 0 Å². The van der Waals surface area contributed by atoms with Crippen molar-refractivity contribution in [3.63, 3.8) is 0 Å². The fourth-order valence-corrected chi connectivity index (χ4v) is 5.44. The first kappa shape index (κ1) is 28.5. The van der Waals surface area contributed by atoms with Crippen LogP contribution in [0.5, 0.6) is 0 Å². The summed E-state index contributed by atoms with van der Waals surface area (Å²) in [7, 11) is 1.86. The number of carbonyl (C=O) groups is 2. The topological polar surface area (TPSA) is 43.9 Å². The summed E-state index contributed by atoms with van der Waals surface area (Å²) < 4.78 is 0. The molecular formula is C29H39Cl2N3O2. The van der Waals surface area contributed by atoms with E-state index in [4.69, 9.17) is 23.2 Å². The van der Waals surface area contributed by atoms with Gasteiger partial charge in [0.2, 0.25) is 5.91 Å². The highest BCUT2D eigenvalue weighted by atomic mass is 35.5. The molecule has 0 aromatic heterocycles. The fourth-order valence-electron chi connectivity index (χ4n) is 5.13. The lowest BCUT2D eigenvalue weighted by Gasteiger charge is -2.38. The third kappa shape index (κ3) is 7.71. The number of piperidine rings is 1. The number of hydrogen-bond acceptors (Lipinski definition) is 3. The van der Waals surface area contributed by atoms with Crippen molar-refractivity contribution >= 4 is 35.0 Å². The van der Waals surface area contributed by atoms with Crippen molar-refractivity contribution in [2.75, 3.05) is 39.8 Å². The van der Waals surface area contributed by atoms with E-state index in [1.54, 1.807) is 4.90 Å². The van der Waals surface area contributed by atoms with E-state index in [2.05, 4.69) is 23.6 Å². The summed E-state index contributed by atoms with van der Waals surface area (Å²) in [5.41, 5.74) is 1.78. The molecular weight excluding hydrogens is 493 g/mol. The van der Waals surface area contributed by atoms with Crippen molar-refractivity contribution in [2.45, 2.75) is 57.9 Å². The monoisotopic (exact) mass is 531 g/mol. The van der Waals surface area contributed by atoms with Crippen LogP contribution in [0, 0.1) is 0 Å². The Morgan fingerprint density at radius 1 is 1.03 bits per heavy atom. The summed E-state index contributed by atoms with van der Waals surface area (Å²) >= 11 is 12.5. The quantitative estimate of drug-likeness (QED) is 0.339.